The molecule has 0 aromatic heterocycles. The Bertz CT molecular complexity index is 606. The van der Waals surface area contributed by atoms with Gasteiger partial charge >= 0.3 is 0 Å². The number of aliphatic hydroxyl groups excluding tert-OH is 2. The smallest absolute Gasteiger partial charge is 0.231 e. The maximum atomic E-state index is 10.3. The van der Waals surface area contributed by atoms with Gasteiger partial charge in [-0.2, -0.15) is 0 Å². The SMILES string of the molecule is CC(C)OC[C@H](O)C[NH+]1CC[NH+](C[C@@H](O)COc2ccc3c(c2)OCO3)CC1. The van der Waals surface area contributed by atoms with Crippen LogP contribution in [-0.4, -0.2) is 87.8 Å². The maximum Gasteiger partial charge on any atom is 0.231 e. The molecule has 0 amide bonds. The van der Waals surface area contributed by atoms with Crippen molar-refractivity contribution in [2.45, 2.75) is 32.2 Å². The van der Waals surface area contributed by atoms with Gasteiger partial charge < -0.3 is 39.0 Å². The van der Waals surface area contributed by atoms with Crippen molar-refractivity contribution >= 4 is 0 Å². The number of nitrogens with one attached hydrogen (secondary N) is 2. The average Bonchev–Trinajstić information content (AvgIpc) is 3.14. The molecule has 1 saturated heterocycles. The molecule has 0 radical (unpaired) electrons. The third-order valence-corrected chi connectivity index (χ3v) is 5.12. The highest BCUT2D eigenvalue weighted by Crippen LogP contribution is 2.35. The Morgan fingerprint density at radius 1 is 0.929 bits per heavy atom. The predicted octanol–water partition coefficient (Wildman–Crippen LogP) is -2.28. The summed E-state index contributed by atoms with van der Waals surface area (Å²) in [6.45, 7) is 10.2. The number of rotatable bonds is 10. The van der Waals surface area contributed by atoms with Crippen molar-refractivity contribution in [2.75, 3.05) is 59.3 Å². The lowest BCUT2D eigenvalue weighted by molar-refractivity contribution is -1.01. The lowest BCUT2D eigenvalue weighted by Crippen LogP contribution is -3.29. The molecule has 0 spiro atoms. The molecule has 0 bridgehead atoms. The van der Waals surface area contributed by atoms with E-state index in [2.05, 4.69) is 0 Å². The van der Waals surface area contributed by atoms with Crippen molar-refractivity contribution in [3.05, 3.63) is 18.2 Å². The van der Waals surface area contributed by atoms with Gasteiger partial charge in [0.05, 0.1) is 12.7 Å². The molecule has 158 valence electrons. The van der Waals surface area contributed by atoms with Gasteiger partial charge in [0.15, 0.2) is 11.5 Å². The Hall–Kier alpha value is -1.58. The first-order valence-electron chi connectivity index (χ1n) is 10.2. The van der Waals surface area contributed by atoms with Crippen LogP contribution in [0.3, 0.4) is 0 Å². The Labute approximate surface area is 166 Å². The van der Waals surface area contributed by atoms with Crippen LogP contribution in [0.2, 0.25) is 0 Å². The summed E-state index contributed by atoms with van der Waals surface area (Å²) in [5.41, 5.74) is 0. The highest BCUT2D eigenvalue weighted by Gasteiger charge is 2.27. The number of quaternary nitrogens is 2. The minimum absolute atomic E-state index is 0.146. The van der Waals surface area contributed by atoms with E-state index in [1.807, 2.05) is 26.0 Å². The van der Waals surface area contributed by atoms with Crippen molar-refractivity contribution < 1.29 is 39.0 Å². The number of ether oxygens (including phenoxy) is 4. The number of fused-ring (bicyclic) bond motifs is 1. The molecule has 8 nitrogen and oxygen atoms in total. The van der Waals surface area contributed by atoms with Crippen molar-refractivity contribution in [2.24, 2.45) is 0 Å². The van der Waals surface area contributed by atoms with Crippen molar-refractivity contribution in [1.29, 1.82) is 0 Å². The third-order valence-electron chi connectivity index (χ3n) is 5.12. The van der Waals surface area contributed by atoms with E-state index in [4.69, 9.17) is 18.9 Å². The number of aliphatic hydroxyl groups is 2. The summed E-state index contributed by atoms with van der Waals surface area (Å²) in [7, 11) is 0. The molecule has 1 aromatic rings. The Kier molecular flexibility index (Phi) is 7.75. The lowest BCUT2D eigenvalue weighted by atomic mass is 10.2. The molecule has 4 N–H and O–H groups in total. The fraction of sp³-hybridized carbons (Fsp3) is 0.700. The van der Waals surface area contributed by atoms with E-state index in [9.17, 15) is 10.2 Å². The first-order chi connectivity index (χ1) is 13.5. The fourth-order valence-electron chi connectivity index (χ4n) is 3.61. The Morgan fingerprint density at radius 2 is 1.54 bits per heavy atom. The molecule has 28 heavy (non-hydrogen) atoms. The molecular formula is C20H34N2O6+2. The van der Waals surface area contributed by atoms with Crippen LogP contribution in [0.5, 0.6) is 17.2 Å². The molecule has 1 aromatic carbocycles. The summed E-state index contributed by atoms with van der Waals surface area (Å²) in [5.74, 6) is 2.07. The molecule has 2 atom stereocenters. The van der Waals surface area contributed by atoms with Gasteiger partial charge in [-0.3, -0.25) is 0 Å². The number of piperazine rings is 1. The number of hydrogen-bond donors (Lipinski definition) is 4. The molecule has 3 rings (SSSR count). The molecule has 0 unspecified atom stereocenters. The van der Waals surface area contributed by atoms with Crippen LogP contribution in [0, 0.1) is 0 Å². The molecule has 2 heterocycles. The largest absolute Gasteiger partial charge is 0.491 e. The van der Waals surface area contributed by atoms with Gasteiger partial charge in [0, 0.05) is 6.07 Å². The molecular weight excluding hydrogens is 364 g/mol. The Morgan fingerprint density at radius 3 is 2.18 bits per heavy atom. The van der Waals surface area contributed by atoms with E-state index < -0.39 is 12.2 Å². The van der Waals surface area contributed by atoms with Gasteiger partial charge in [-0.1, -0.05) is 0 Å². The zero-order chi connectivity index (χ0) is 19.9. The molecule has 0 saturated carbocycles. The predicted molar refractivity (Wildman–Crippen MR) is 102 cm³/mol. The standard InChI is InChI=1S/C20H32N2O6/c1-15(2)25-12-16(23)10-21-5-7-22(8-6-21)11-17(24)13-26-18-3-4-19-20(9-18)28-14-27-19/h3-4,9,15-17,23-24H,5-8,10-14H2,1-2H3/p+2/t16-,17-/m1/s1. The molecule has 0 aliphatic carbocycles. The van der Waals surface area contributed by atoms with E-state index in [-0.39, 0.29) is 19.5 Å². The minimum Gasteiger partial charge on any atom is -0.491 e. The fourth-order valence-corrected chi connectivity index (χ4v) is 3.61. The van der Waals surface area contributed by atoms with Crippen LogP contribution >= 0.6 is 0 Å². The van der Waals surface area contributed by atoms with Crippen molar-refractivity contribution in [1.82, 2.24) is 0 Å². The van der Waals surface area contributed by atoms with Crippen LogP contribution < -0.4 is 24.0 Å². The summed E-state index contributed by atoms with van der Waals surface area (Å²) < 4.78 is 21.8. The average molecular weight is 399 g/mol. The van der Waals surface area contributed by atoms with Gasteiger partial charge in [0.1, 0.15) is 63.8 Å². The number of benzene rings is 1. The second-order valence-corrected chi connectivity index (χ2v) is 7.92. The van der Waals surface area contributed by atoms with Crippen LogP contribution in [-0.2, 0) is 4.74 Å². The maximum absolute atomic E-state index is 10.3. The first kappa shape index (κ1) is 21.1. The number of hydrogen-bond acceptors (Lipinski definition) is 6. The van der Waals surface area contributed by atoms with Crippen molar-refractivity contribution in [3.8, 4) is 17.2 Å². The van der Waals surface area contributed by atoms with E-state index in [1.54, 1.807) is 6.07 Å². The minimum atomic E-state index is -0.521. The summed E-state index contributed by atoms with van der Waals surface area (Å²) >= 11 is 0. The normalized spacial score (nSPS) is 23.6. The van der Waals surface area contributed by atoms with Crippen LogP contribution in [0.4, 0.5) is 0 Å². The zero-order valence-corrected chi connectivity index (χ0v) is 16.9. The van der Waals surface area contributed by atoms with E-state index >= 15 is 0 Å². The summed E-state index contributed by atoms with van der Waals surface area (Å²) in [6, 6.07) is 5.43. The van der Waals surface area contributed by atoms with E-state index in [0.29, 0.717) is 24.7 Å². The van der Waals surface area contributed by atoms with Gasteiger partial charge in [0.25, 0.3) is 0 Å². The quantitative estimate of drug-likeness (QED) is 0.356. The van der Waals surface area contributed by atoms with Gasteiger partial charge in [-0.05, 0) is 26.0 Å². The zero-order valence-electron chi connectivity index (χ0n) is 16.9. The van der Waals surface area contributed by atoms with E-state index in [0.717, 1.165) is 38.5 Å². The van der Waals surface area contributed by atoms with Gasteiger partial charge in [-0.15, -0.1) is 0 Å². The Balaban J connectivity index is 1.32. The lowest BCUT2D eigenvalue weighted by Gasteiger charge is -2.31. The topological polar surface area (TPSA) is 86.3 Å². The van der Waals surface area contributed by atoms with Gasteiger partial charge in [-0.25, -0.2) is 0 Å². The van der Waals surface area contributed by atoms with Gasteiger partial charge in [0.2, 0.25) is 6.79 Å². The monoisotopic (exact) mass is 398 g/mol. The second kappa shape index (κ2) is 10.3. The molecule has 8 heteroatoms. The second-order valence-electron chi connectivity index (χ2n) is 7.92. The first-order valence-corrected chi connectivity index (χ1v) is 10.2. The highest BCUT2D eigenvalue weighted by molar-refractivity contribution is 5.46. The molecule has 2 aliphatic heterocycles. The van der Waals surface area contributed by atoms with E-state index in [1.165, 1.54) is 9.80 Å². The third kappa shape index (κ3) is 6.49. The summed E-state index contributed by atoms with van der Waals surface area (Å²) in [6.07, 6.45) is -0.793. The van der Waals surface area contributed by atoms with Crippen LogP contribution in [0.1, 0.15) is 13.8 Å². The van der Waals surface area contributed by atoms with Crippen molar-refractivity contribution in [3.63, 3.8) is 0 Å². The van der Waals surface area contributed by atoms with Crippen LogP contribution in [0.15, 0.2) is 18.2 Å². The molecule has 1 fully saturated rings. The van der Waals surface area contributed by atoms with Crippen LogP contribution in [0.25, 0.3) is 0 Å². The summed E-state index contributed by atoms with van der Waals surface area (Å²) in [4.78, 5) is 2.77. The molecule has 2 aliphatic rings. The highest BCUT2D eigenvalue weighted by atomic mass is 16.7. The summed E-state index contributed by atoms with van der Waals surface area (Å²) in [5, 5.41) is 20.4.